The summed E-state index contributed by atoms with van der Waals surface area (Å²) >= 11 is 0. The van der Waals surface area contributed by atoms with Gasteiger partial charge in [0.25, 0.3) is 5.56 Å². The van der Waals surface area contributed by atoms with Crippen LogP contribution in [-0.4, -0.2) is 36.3 Å². The molecule has 2 heterocycles. The number of H-pyrrole nitrogens is 1. The Kier molecular flexibility index (Phi) is 7.97. The lowest BCUT2D eigenvalue weighted by Crippen LogP contribution is -2.32. The summed E-state index contributed by atoms with van der Waals surface area (Å²) in [6.45, 7) is 1.86. The number of rotatable bonds is 13. The second-order valence-corrected chi connectivity index (χ2v) is 9.32. The maximum absolute atomic E-state index is 14.3. The first-order chi connectivity index (χ1) is 17.3. The van der Waals surface area contributed by atoms with Gasteiger partial charge in [0.05, 0.1) is 18.8 Å². The summed E-state index contributed by atoms with van der Waals surface area (Å²) < 4.78 is 36.5. The van der Waals surface area contributed by atoms with Crippen molar-refractivity contribution in [3.8, 4) is 5.75 Å². The minimum absolute atomic E-state index is 0.0128. The molecule has 1 atom stereocenters. The molecule has 0 saturated heterocycles. The Labute approximate surface area is 206 Å². The van der Waals surface area contributed by atoms with Crippen molar-refractivity contribution in [2.75, 3.05) is 6.61 Å². The molecule has 1 aliphatic rings. The Morgan fingerprint density at radius 2 is 2.06 bits per heavy atom. The number of alkyl halides is 1. The third kappa shape index (κ3) is 6.07. The number of ether oxygens (including phenoxy) is 1. The normalized spacial score (nSPS) is 15.1. The summed E-state index contributed by atoms with van der Waals surface area (Å²) in [4.78, 5) is 25.3. The minimum Gasteiger partial charge on any atom is -0.490 e. The summed E-state index contributed by atoms with van der Waals surface area (Å²) in [6.07, 6.45) is 5.53. The van der Waals surface area contributed by atoms with Crippen LogP contribution in [0, 0.1) is 11.7 Å². The van der Waals surface area contributed by atoms with Gasteiger partial charge in [-0.15, -0.1) is 5.10 Å². The number of halogens is 2. The molecule has 0 aliphatic heterocycles. The summed E-state index contributed by atoms with van der Waals surface area (Å²) in [7, 11) is 0. The number of aryl methyl sites for hydroxylation is 1. The fraction of sp³-hybridized carbons (Fsp3) is 0.520. The van der Waals surface area contributed by atoms with Crippen molar-refractivity contribution in [2.24, 2.45) is 5.92 Å². The van der Waals surface area contributed by atoms with E-state index in [1.54, 1.807) is 0 Å². The summed E-state index contributed by atoms with van der Waals surface area (Å²) in [5.41, 5.74) is -1.09. The standard InChI is InChI=1S/C25H31F2N5O4/c1-2-25(35,18-8-9-19(27)22(13-18)36-15-17-6-7-17)16-32-21(20(14-26)29-30-32)5-3-4-11-31-12-10-23(33)28-24(31)34/h8-10,12-13,17,35H,2-7,11,14-16H2,1H3,(H,28,33,34)/t25-/m1/s1. The van der Waals surface area contributed by atoms with Crippen LogP contribution in [0.25, 0.3) is 0 Å². The van der Waals surface area contributed by atoms with Gasteiger partial charge in [-0.2, -0.15) is 0 Å². The zero-order valence-corrected chi connectivity index (χ0v) is 20.3. The molecule has 0 unspecified atom stereocenters. The van der Waals surface area contributed by atoms with E-state index >= 15 is 0 Å². The van der Waals surface area contributed by atoms with Crippen LogP contribution < -0.4 is 16.0 Å². The molecule has 0 amide bonds. The smallest absolute Gasteiger partial charge is 0.328 e. The Morgan fingerprint density at radius 3 is 2.75 bits per heavy atom. The molecule has 1 fully saturated rings. The molecule has 0 bridgehead atoms. The number of hydrogen-bond acceptors (Lipinski definition) is 6. The second-order valence-electron chi connectivity index (χ2n) is 9.32. The first kappa shape index (κ1) is 25.7. The van der Waals surface area contributed by atoms with Crippen molar-refractivity contribution >= 4 is 0 Å². The predicted molar refractivity (Wildman–Crippen MR) is 128 cm³/mol. The van der Waals surface area contributed by atoms with E-state index in [2.05, 4.69) is 15.3 Å². The van der Waals surface area contributed by atoms with Crippen LogP contribution in [0.4, 0.5) is 8.78 Å². The highest BCUT2D eigenvalue weighted by Crippen LogP contribution is 2.34. The zero-order chi connectivity index (χ0) is 25.7. The lowest BCUT2D eigenvalue weighted by atomic mass is 9.90. The maximum atomic E-state index is 14.3. The Bertz CT molecular complexity index is 1300. The summed E-state index contributed by atoms with van der Waals surface area (Å²) in [6, 6.07) is 5.62. The van der Waals surface area contributed by atoms with Crippen LogP contribution in [-0.2, 0) is 31.8 Å². The number of aromatic amines is 1. The molecule has 11 heteroatoms. The van der Waals surface area contributed by atoms with E-state index in [0.717, 1.165) is 12.8 Å². The molecule has 2 N–H and O–H groups in total. The van der Waals surface area contributed by atoms with Gasteiger partial charge in [0, 0.05) is 18.8 Å². The number of aromatic nitrogens is 5. The van der Waals surface area contributed by atoms with E-state index < -0.39 is 29.3 Å². The zero-order valence-electron chi connectivity index (χ0n) is 20.3. The van der Waals surface area contributed by atoms with Gasteiger partial charge in [-0.05, 0) is 62.1 Å². The van der Waals surface area contributed by atoms with Gasteiger partial charge in [0.15, 0.2) is 11.6 Å². The van der Waals surface area contributed by atoms with E-state index in [-0.39, 0.29) is 18.0 Å². The van der Waals surface area contributed by atoms with Crippen LogP contribution in [0.3, 0.4) is 0 Å². The quantitative estimate of drug-likeness (QED) is 0.347. The van der Waals surface area contributed by atoms with Gasteiger partial charge in [0.2, 0.25) is 0 Å². The molecule has 3 aromatic rings. The largest absolute Gasteiger partial charge is 0.490 e. The molecular weight excluding hydrogens is 472 g/mol. The first-order valence-corrected chi connectivity index (χ1v) is 12.2. The lowest BCUT2D eigenvalue weighted by Gasteiger charge is -2.28. The van der Waals surface area contributed by atoms with Crippen molar-refractivity contribution in [2.45, 2.75) is 70.8 Å². The molecule has 9 nitrogen and oxygen atoms in total. The SMILES string of the molecule is CC[C@@](O)(Cn1nnc(CF)c1CCCCn1ccc(=O)[nH]c1=O)c1ccc(F)c(OCC2CC2)c1. The van der Waals surface area contributed by atoms with Gasteiger partial charge >= 0.3 is 5.69 Å². The van der Waals surface area contributed by atoms with Crippen molar-refractivity contribution < 1.29 is 18.6 Å². The third-order valence-electron chi connectivity index (χ3n) is 6.64. The topological polar surface area (TPSA) is 115 Å². The van der Waals surface area contributed by atoms with E-state index in [1.807, 2.05) is 6.92 Å². The number of aliphatic hydroxyl groups is 1. The van der Waals surface area contributed by atoms with E-state index in [4.69, 9.17) is 4.74 Å². The molecule has 36 heavy (non-hydrogen) atoms. The minimum atomic E-state index is -1.40. The number of hydrogen-bond donors (Lipinski definition) is 2. The van der Waals surface area contributed by atoms with Gasteiger partial charge in [-0.1, -0.05) is 18.2 Å². The van der Waals surface area contributed by atoms with Gasteiger partial charge in [0.1, 0.15) is 18.0 Å². The van der Waals surface area contributed by atoms with E-state index in [0.29, 0.717) is 56.0 Å². The fourth-order valence-electron chi connectivity index (χ4n) is 4.12. The van der Waals surface area contributed by atoms with Crippen LogP contribution in [0.2, 0.25) is 0 Å². The highest BCUT2D eigenvalue weighted by atomic mass is 19.1. The summed E-state index contributed by atoms with van der Waals surface area (Å²) in [5.74, 6) is 0.0744. The van der Waals surface area contributed by atoms with Crippen LogP contribution >= 0.6 is 0 Å². The average Bonchev–Trinajstić information content (AvgIpc) is 3.62. The first-order valence-electron chi connectivity index (χ1n) is 12.2. The fourth-order valence-corrected chi connectivity index (χ4v) is 4.12. The molecule has 1 aliphatic carbocycles. The van der Waals surface area contributed by atoms with Crippen molar-refractivity contribution in [3.05, 3.63) is 74.1 Å². The number of benzene rings is 1. The third-order valence-corrected chi connectivity index (χ3v) is 6.64. The highest BCUT2D eigenvalue weighted by Gasteiger charge is 2.31. The molecular formula is C25H31F2N5O4. The van der Waals surface area contributed by atoms with Gasteiger partial charge in [-0.3, -0.25) is 9.78 Å². The van der Waals surface area contributed by atoms with Crippen molar-refractivity contribution in [3.63, 3.8) is 0 Å². The predicted octanol–water partition coefficient (Wildman–Crippen LogP) is 2.85. The number of nitrogens with zero attached hydrogens (tertiary/aromatic N) is 4. The van der Waals surface area contributed by atoms with Crippen LogP contribution in [0.5, 0.6) is 5.75 Å². The number of unbranched alkanes of at least 4 members (excludes halogenated alkanes) is 1. The van der Waals surface area contributed by atoms with Crippen molar-refractivity contribution in [1.82, 2.24) is 24.5 Å². The second kappa shape index (κ2) is 11.2. The maximum Gasteiger partial charge on any atom is 0.328 e. The average molecular weight is 504 g/mol. The van der Waals surface area contributed by atoms with E-state index in [9.17, 15) is 23.5 Å². The number of nitrogens with one attached hydrogen (secondary N) is 1. The van der Waals surface area contributed by atoms with Gasteiger partial charge < -0.3 is 14.4 Å². The molecule has 0 spiro atoms. The van der Waals surface area contributed by atoms with Crippen LogP contribution in [0.15, 0.2) is 40.1 Å². The summed E-state index contributed by atoms with van der Waals surface area (Å²) in [5, 5.41) is 19.5. The van der Waals surface area contributed by atoms with Gasteiger partial charge in [-0.25, -0.2) is 18.3 Å². The monoisotopic (exact) mass is 503 g/mol. The molecule has 194 valence electrons. The van der Waals surface area contributed by atoms with Crippen molar-refractivity contribution in [1.29, 1.82) is 0 Å². The molecule has 1 aromatic carbocycles. The molecule has 0 radical (unpaired) electrons. The molecule has 2 aromatic heterocycles. The molecule has 1 saturated carbocycles. The molecule has 4 rings (SSSR count). The Morgan fingerprint density at radius 1 is 1.25 bits per heavy atom. The lowest BCUT2D eigenvalue weighted by molar-refractivity contribution is 0.00938. The van der Waals surface area contributed by atoms with E-state index in [1.165, 1.54) is 39.7 Å². The highest BCUT2D eigenvalue weighted by molar-refractivity contribution is 5.34. The van der Waals surface area contributed by atoms with Crippen LogP contribution in [0.1, 0.15) is 56.0 Å². The Balaban J connectivity index is 1.46. The Hall–Kier alpha value is -3.34.